The van der Waals surface area contributed by atoms with Crippen molar-refractivity contribution in [3.63, 3.8) is 0 Å². The number of hydrogen-bond acceptors (Lipinski definition) is 4. The molecular formula is C9H13N3O2. The van der Waals surface area contributed by atoms with Crippen molar-refractivity contribution >= 4 is 5.91 Å². The van der Waals surface area contributed by atoms with Gasteiger partial charge in [0.15, 0.2) is 0 Å². The van der Waals surface area contributed by atoms with Crippen LogP contribution in [0, 0.1) is 0 Å². The normalized spacial score (nSPS) is 16.4. The Morgan fingerprint density at radius 2 is 2.57 bits per heavy atom. The second-order valence-corrected chi connectivity index (χ2v) is 3.28. The first kappa shape index (κ1) is 9.21. The van der Waals surface area contributed by atoms with E-state index in [1.54, 1.807) is 11.0 Å². The monoisotopic (exact) mass is 195 g/mol. The fraction of sp³-hybridized carbons (Fsp3) is 0.556. The van der Waals surface area contributed by atoms with Gasteiger partial charge in [0.05, 0.1) is 12.2 Å². The number of aromatic nitrogens is 1. The number of amides is 1. The van der Waals surface area contributed by atoms with Crippen molar-refractivity contribution in [3.05, 3.63) is 18.0 Å². The van der Waals surface area contributed by atoms with E-state index in [1.165, 1.54) is 6.20 Å². The van der Waals surface area contributed by atoms with Crippen LogP contribution in [0.15, 0.2) is 16.8 Å². The fourth-order valence-electron chi connectivity index (χ4n) is 1.53. The number of carbonyl (C=O) groups excluding carboxylic acids is 1. The van der Waals surface area contributed by atoms with Crippen LogP contribution in [0.4, 0.5) is 0 Å². The molecule has 1 aromatic rings. The van der Waals surface area contributed by atoms with E-state index < -0.39 is 0 Å². The largest absolute Gasteiger partial charge is 0.351 e. The predicted molar refractivity (Wildman–Crippen MR) is 49.9 cm³/mol. The second kappa shape index (κ2) is 3.79. The molecule has 0 unspecified atom stereocenters. The van der Waals surface area contributed by atoms with Gasteiger partial charge in [-0.15, -0.1) is 0 Å². The molecule has 14 heavy (non-hydrogen) atoms. The molecule has 5 heteroatoms. The lowest BCUT2D eigenvalue weighted by Gasteiger charge is -2.36. The summed E-state index contributed by atoms with van der Waals surface area (Å²) in [6.45, 7) is 4.40. The van der Waals surface area contributed by atoms with Crippen molar-refractivity contribution in [1.29, 1.82) is 0 Å². The second-order valence-electron chi connectivity index (χ2n) is 3.28. The molecule has 1 fully saturated rings. The van der Waals surface area contributed by atoms with Gasteiger partial charge in [0.1, 0.15) is 0 Å². The van der Waals surface area contributed by atoms with E-state index >= 15 is 0 Å². The minimum absolute atomic E-state index is 0.0727. The molecule has 1 N–H and O–H groups in total. The lowest BCUT2D eigenvalue weighted by molar-refractivity contribution is 0.0588. The van der Waals surface area contributed by atoms with Crippen LogP contribution in [0.1, 0.15) is 17.5 Å². The van der Waals surface area contributed by atoms with Gasteiger partial charge >= 0.3 is 0 Å². The SMILES string of the molecule is CCN(C(=O)c1ccno1)C1CNC1. The van der Waals surface area contributed by atoms with Crippen LogP contribution in [-0.4, -0.2) is 41.6 Å². The topological polar surface area (TPSA) is 58.4 Å². The molecule has 2 heterocycles. The molecule has 0 bridgehead atoms. The summed E-state index contributed by atoms with van der Waals surface area (Å²) in [5, 5.41) is 6.66. The third kappa shape index (κ3) is 1.50. The molecule has 1 aromatic heterocycles. The molecule has 1 aliphatic heterocycles. The summed E-state index contributed by atoms with van der Waals surface area (Å²) >= 11 is 0. The first-order valence-electron chi connectivity index (χ1n) is 4.75. The van der Waals surface area contributed by atoms with Crippen molar-refractivity contribution in [1.82, 2.24) is 15.4 Å². The zero-order valence-electron chi connectivity index (χ0n) is 8.06. The molecule has 0 aliphatic carbocycles. The molecule has 2 rings (SSSR count). The van der Waals surface area contributed by atoms with Gasteiger partial charge < -0.3 is 14.7 Å². The first-order valence-corrected chi connectivity index (χ1v) is 4.75. The van der Waals surface area contributed by atoms with E-state index in [4.69, 9.17) is 4.52 Å². The zero-order valence-corrected chi connectivity index (χ0v) is 8.06. The maximum atomic E-state index is 11.8. The Hall–Kier alpha value is -1.36. The number of likely N-dealkylation sites (N-methyl/N-ethyl adjacent to an activating group) is 1. The molecule has 0 radical (unpaired) electrons. The smallest absolute Gasteiger partial charge is 0.292 e. The molecule has 0 aromatic carbocycles. The zero-order chi connectivity index (χ0) is 9.97. The van der Waals surface area contributed by atoms with Crippen molar-refractivity contribution in [2.75, 3.05) is 19.6 Å². The van der Waals surface area contributed by atoms with Crippen LogP contribution >= 0.6 is 0 Å². The van der Waals surface area contributed by atoms with E-state index in [2.05, 4.69) is 10.5 Å². The molecule has 76 valence electrons. The summed E-state index contributed by atoms with van der Waals surface area (Å²) in [5.74, 6) is 0.246. The summed E-state index contributed by atoms with van der Waals surface area (Å²) in [5.41, 5.74) is 0. The van der Waals surface area contributed by atoms with Crippen molar-refractivity contribution in [2.24, 2.45) is 0 Å². The van der Waals surface area contributed by atoms with Crippen molar-refractivity contribution in [3.8, 4) is 0 Å². The Morgan fingerprint density at radius 1 is 1.79 bits per heavy atom. The Kier molecular flexibility index (Phi) is 2.49. The average Bonchev–Trinajstić information content (AvgIpc) is 2.62. The first-order chi connectivity index (χ1) is 6.83. The quantitative estimate of drug-likeness (QED) is 0.743. The highest BCUT2D eigenvalue weighted by atomic mass is 16.5. The van der Waals surface area contributed by atoms with Crippen LogP contribution in [0.2, 0.25) is 0 Å². The van der Waals surface area contributed by atoms with E-state index in [-0.39, 0.29) is 5.91 Å². The fourth-order valence-corrected chi connectivity index (χ4v) is 1.53. The minimum atomic E-state index is -0.0727. The summed E-state index contributed by atoms with van der Waals surface area (Å²) in [4.78, 5) is 13.6. The Morgan fingerprint density at radius 3 is 3.00 bits per heavy atom. The Bertz CT molecular complexity index is 306. The van der Waals surface area contributed by atoms with Crippen LogP contribution in [0.5, 0.6) is 0 Å². The number of nitrogens with zero attached hydrogens (tertiary/aromatic N) is 2. The third-order valence-corrected chi connectivity index (χ3v) is 2.45. The van der Waals surface area contributed by atoms with E-state index in [1.807, 2.05) is 6.92 Å². The van der Waals surface area contributed by atoms with Gasteiger partial charge in [0.25, 0.3) is 5.91 Å². The minimum Gasteiger partial charge on any atom is -0.351 e. The molecule has 1 aliphatic rings. The molecule has 0 spiro atoms. The Balaban J connectivity index is 2.08. The third-order valence-electron chi connectivity index (χ3n) is 2.45. The lowest BCUT2D eigenvalue weighted by Crippen LogP contribution is -2.58. The van der Waals surface area contributed by atoms with Gasteiger partial charge in [-0.2, -0.15) is 0 Å². The highest BCUT2D eigenvalue weighted by Gasteiger charge is 2.29. The molecule has 5 nitrogen and oxygen atoms in total. The summed E-state index contributed by atoms with van der Waals surface area (Å²) in [7, 11) is 0. The van der Waals surface area contributed by atoms with Gasteiger partial charge in [-0.1, -0.05) is 5.16 Å². The molecule has 0 atom stereocenters. The van der Waals surface area contributed by atoms with Gasteiger partial charge in [-0.25, -0.2) is 0 Å². The van der Waals surface area contributed by atoms with Crippen molar-refractivity contribution in [2.45, 2.75) is 13.0 Å². The van der Waals surface area contributed by atoms with Crippen molar-refractivity contribution < 1.29 is 9.32 Å². The standard InChI is InChI=1S/C9H13N3O2/c1-2-12(7-5-10-6-7)9(13)8-3-4-11-14-8/h3-4,7,10H,2,5-6H2,1H3. The number of rotatable bonds is 3. The molecule has 1 amide bonds. The maximum absolute atomic E-state index is 11.8. The Labute approximate surface area is 82.1 Å². The molecule has 0 saturated carbocycles. The highest BCUT2D eigenvalue weighted by Crippen LogP contribution is 2.10. The number of nitrogens with one attached hydrogen (secondary N) is 1. The predicted octanol–water partition coefficient (Wildman–Crippen LogP) is 0.108. The maximum Gasteiger partial charge on any atom is 0.292 e. The van der Waals surface area contributed by atoms with Gasteiger partial charge in [-0.3, -0.25) is 4.79 Å². The van der Waals surface area contributed by atoms with Gasteiger partial charge in [0.2, 0.25) is 5.76 Å². The summed E-state index contributed by atoms with van der Waals surface area (Å²) < 4.78 is 4.84. The van der Waals surface area contributed by atoms with Gasteiger partial charge in [-0.05, 0) is 6.92 Å². The van der Waals surface area contributed by atoms with Crippen LogP contribution < -0.4 is 5.32 Å². The molecule has 1 saturated heterocycles. The highest BCUT2D eigenvalue weighted by molar-refractivity contribution is 5.91. The average molecular weight is 195 g/mol. The van der Waals surface area contributed by atoms with Crippen LogP contribution in [-0.2, 0) is 0 Å². The van der Waals surface area contributed by atoms with Crippen LogP contribution in [0.25, 0.3) is 0 Å². The summed E-state index contributed by atoms with van der Waals surface area (Å²) in [6, 6.07) is 1.90. The molecular weight excluding hydrogens is 182 g/mol. The van der Waals surface area contributed by atoms with E-state index in [0.29, 0.717) is 18.3 Å². The lowest BCUT2D eigenvalue weighted by atomic mass is 10.1. The van der Waals surface area contributed by atoms with E-state index in [0.717, 1.165) is 13.1 Å². The number of carbonyl (C=O) groups is 1. The van der Waals surface area contributed by atoms with Crippen LogP contribution in [0.3, 0.4) is 0 Å². The summed E-state index contributed by atoms with van der Waals surface area (Å²) in [6.07, 6.45) is 1.49. The van der Waals surface area contributed by atoms with Gasteiger partial charge in [0, 0.05) is 25.7 Å². The van der Waals surface area contributed by atoms with E-state index in [9.17, 15) is 4.79 Å². The number of hydrogen-bond donors (Lipinski definition) is 1.